The number of methoxy groups -OCH3 is 1. The number of hydrogen-bond donors (Lipinski definition) is 1. The van der Waals surface area contributed by atoms with Crippen LogP contribution in [0.3, 0.4) is 0 Å². The highest BCUT2D eigenvalue weighted by atomic mass is 16.5. The Hall–Kier alpha value is -1.35. The topological polar surface area (TPSA) is 46.5 Å². The smallest absolute Gasteiger partial charge is 0.308 e. The molecule has 0 aliphatic carbocycles. The number of benzene rings is 1. The van der Waals surface area contributed by atoms with E-state index in [1.165, 1.54) is 12.7 Å². The van der Waals surface area contributed by atoms with Gasteiger partial charge >= 0.3 is 5.97 Å². The molecule has 0 aromatic heterocycles. The molecule has 1 aromatic rings. The van der Waals surface area contributed by atoms with Crippen molar-refractivity contribution in [2.75, 3.05) is 7.11 Å². The standard InChI is InChI=1S/C13H18O3/c1-10(12(14)9-13(15)16-2)8-11-6-4-3-5-7-11/h3-7,10,12,14H,8-9H2,1-2H3. The van der Waals surface area contributed by atoms with E-state index in [-0.39, 0.29) is 18.3 Å². The molecular formula is C13H18O3. The molecule has 0 aliphatic rings. The molecule has 0 aliphatic heterocycles. The Bertz CT molecular complexity index is 321. The number of ether oxygens (including phenoxy) is 1. The van der Waals surface area contributed by atoms with E-state index in [2.05, 4.69) is 4.74 Å². The highest BCUT2D eigenvalue weighted by Gasteiger charge is 2.18. The molecule has 0 saturated carbocycles. The van der Waals surface area contributed by atoms with Gasteiger partial charge in [0.1, 0.15) is 0 Å². The molecule has 0 amide bonds. The molecule has 0 radical (unpaired) electrons. The zero-order valence-corrected chi connectivity index (χ0v) is 9.72. The SMILES string of the molecule is COC(=O)CC(O)C(C)Cc1ccccc1. The van der Waals surface area contributed by atoms with Crippen LogP contribution in [0.4, 0.5) is 0 Å². The number of hydrogen-bond acceptors (Lipinski definition) is 3. The van der Waals surface area contributed by atoms with E-state index in [4.69, 9.17) is 0 Å². The first-order valence-corrected chi connectivity index (χ1v) is 5.42. The van der Waals surface area contributed by atoms with E-state index in [9.17, 15) is 9.90 Å². The fourth-order valence-electron chi connectivity index (χ4n) is 1.58. The van der Waals surface area contributed by atoms with Gasteiger partial charge in [0, 0.05) is 0 Å². The Balaban J connectivity index is 2.46. The molecule has 16 heavy (non-hydrogen) atoms. The lowest BCUT2D eigenvalue weighted by atomic mass is 9.94. The highest BCUT2D eigenvalue weighted by Crippen LogP contribution is 2.14. The van der Waals surface area contributed by atoms with Crippen LogP contribution in [0.1, 0.15) is 18.9 Å². The second-order valence-electron chi connectivity index (χ2n) is 4.01. The van der Waals surface area contributed by atoms with Crippen molar-refractivity contribution in [3.63, 3.8) is 0 Å². The molecule has 3 heteroatoms. The van der Waals surface area contributed by atoms with Crippen LogP contribution in [-0.4, -0.2) is 24.3 Å². The summed E-state index contributed by atoms with van der Waals surface area (Å²) in [6.07, 6.45) is 0.177. The number of aliphatic hydroxyl groups is 1. The normalized spacial score (nSPS) is 14.2. The first-order chi connectivity index (χ1) is 7.63. The first-order valence-electron chi connectivity index (χ1n) is 5.42. The second-order valence-corrected chi connectivity index (χ2v) is 4.01. The average molecular weight is 222 g/mol. The van der Waals surface area contributed by atoms with Gasteiger partial charge in [-0.15, -0.1) is 0 Å². The summed E-state index contributed by atoms with van der Waals surface area (Å²) in [5.41, 5.74) is 1.17. The molecule has 1 rings (SSSR count). The Kier molecular flexibility index (Phi) is 4.99. The summed E-state index contributed by atoms with van der Waals surface area (Å²) in [7, 11) is 1.33. The van der Waals surface area contributed by atoms with E-state index in [0.717, 1.165) is 6.42 Å². The van der Waals surface area contributed by atoms with Gasteiger partial charge in [0.05, 0.1) is 19.6 Å². The maximum atomic E-state index is 11.0. The molecule has 0 spiro atoms. The maximum Gasteiger partial charge on any atom is 0.308 e. The third-order valence-corrected chi connectivity index (χ3v) is 2.66. The Labute approximate surface area is 96.1 Å². The number of carbonyl (C=O) groups is 1. The molecule has 0 fully saturated rings. The molecule has 0 heterocycles. The first kappa shape index (κ1) is 12.7. The van der Waals surface area contributed by atoms with Crippen LogP contribution in [0.2, 0.25) is 0 Å². The van der Waals surface area contributed by atoms with E-state index in [1.54, 1.807) is 0 Å². The van der Waals surface area contributed by atoms with Crippen molar-refractivity contribution >= 4 is 5.97 Å². The van der Waals surface area contributed by atoms with E-state index in [1.807, 2.05) is 37.3 Å². The quantitative estimate of drug-likeness (QED) is 0.773. The highest BCUT2D eigenvalue weighted by molar-refractivity contribution is 5.69. The van der Waals surface area contributed by atoms with E-state index < -0.39 is 6.10 Å². The fourth-order valence-corrected chi connectivity index (χ4v) is 1.58. The predicted molar refractivity (Wildman–Crippen MR) is 61.9 cm³/mol. The van der Waals surface area contributed by atoms with Gasteiger partial charge in [-0.2, -0.15) is 0 Å². The van der Waals surface area contributed by atoms with Crippen molar-refractivity contribution in [3.05, 3.63) is 35.9 Å². The molecule has 3 nitrogen and oxygen atoms in total. The van der Waals surface area contributed by atoms with Crippen molar-refractivity contribution in [3.8, 4) is 0 Å². The van der Waals surface area contributed by atoms with Gasteiger partial charge in [0.25, 0.3) is 0 Å². The molecule has 0 saturated heterocycles. The number of esters is 1. The number of rotatable bonds is 5. The van der Waals surface area contributed by atoms with Crippen molar-refractivity contribution in [2.45, 2.75) is 25.9 Å². The Morgan fingerprint density at radius 1 is 1.38 bits per heavy atom. The predicted octanol–water partition coefficient (Wildman–Crippen LogP) is 1.79. The van der Waals surface area contributed by atoms with Crippen LogP contribution >= 0.6 is 0 Å². The lowest BCUT2D eigenvalue weighted by Crippen LogP contribution is -2.23. The second kappa shape index (κ2) is 6.28. The van der Waals surface area contributed by atoms with Crippen LogP contribution in [0.5, 0.6) is 0 Å². The maximum absolute atomic E-state index is 11.0. The monoisotopic (exact) mass is 222 g/mol. The van der Waals surface area contributed by atoms with Gasteiger partial charge in [-0.1, -0.05) is 37.3 Å². The Morgan fingerprint density at radius 3 is 2.56 bits per heavy atom. The van der Waals surface area contributed by atoms with Gasteiger partial charge in [0.2, 0.25) is 0 Å². The van der Waals surface area contributed by atoms with Gasteiger partial charge in [-0.3, -0.25) is 4.79 Å². The molecule has 2 unspecified atom stereocenters. The van der Waals surface area contributed by atoms with Crippen LogP contribution in [0.15, 0.2) is 30.3 Å². The summed E-state index contributed by atoms with van der Waals surface area (Å²) < 4.78 is 4.52. The summed E-state index contributed by atoms with van der Waals surface area (Å²) in [4.78, 5) is 11.0. The number of carbonyl (C=O) groups excluding carboxylic acids is 1. The van der Waals surface area contributed by atoms with Crippen LogP contribution in [0.25, 0.3) is 0 Å². The molecule has 1 aromatic carbocycles. The molecular weight excluding hydrogens is 204 g/mol. The largest absolute Gasteiger partial charge is 0.469 e. The van der Waals surface area contributed by atoms with Crippen LogP contribution < -0.4 is 0 Å². The third kappa shape index (κ3) is 4.03. The molecule has 88 valence electrons. The van der Waals surface area contributed by atoms with Gasteiger partial charge in [-0.05, 0) is 17.9 Å². The Morgan fingerprint density at radius 2 is 2.00 bits per heavy atom. The minimum Gasteiger partial charge on any atom is -0.469 e. The molecule has 0 bridgehead atoms. The summed E-state index contributed by atoms with van der Waals surface area (Å²) in [5.74, 6) is -0.325. The zero-order chi connectivity index (χ0) is 12.0. The molecule has 2 atom stereocenters. The summed E-state index contributed by atoms with van der Waals surface area (Å²) >= 11 is 0. The minimum absolute atomic E-state index is 0.0431. The summed E-state index contributed by atoms with van der Waals surface area (Å²) in [5, 5.41) is 9.78. The molecule has 1 N–H and O–H groups in total. The van der Waals surface area contributed by atoms with E-state index in [0.29, 0.717) is 0 Å². The summed E-state index contributed by atoms with van der Waals surface area (Å²) in [6, 6.07) is 9.92. The van der Waals surface area contributed by atoms with E-state index >= 15 is 0 Å². The fraction of sp³-hybridized carbons (Fsp3) is 0.462. The van der Waals surface area contributed by atoms with Crippen molar-refractivity contribution in [1.29, 1.82) is 0 Å². The van der Waals surface area contributed by atoms with Crippen molar-refractivity contribution in [1.82, 2.24) is 0 Å². The average Bonchev–Trinajstić information content (AvgIpc) is 2.30. The van der Waals surface area contributed by atoms with Crippen LogP contribution in [-0.2, 0) is 16.0 Å². The van der Waals surface area contributed by atoms with Gasteiger partial charge < -0.3 is 9.84 Å². The van der Waals surface area contributed by atoms with Gasteiger partial charge in [-0.25, -0.2) is 0 Å². The lowest BCUT2D eigenvalue weighted by Gasteiger charge is -2.17. The van der Waals surface area contributed by atoms with Gasteiger partial charge in [0.15, 0.2) is 0 Å². The summed E-state index contributed by atoms with van der Waals surface area (Å²) in [6.45, 7) is 1.93. The number of aliphatic hydroxyl groups excluding tert-OH is 1. The van der Waals surface area contributed by atoms with Crippen LogP contribution in [0, 0.1) is 5.92 Å². The van der Waals surface area contributed by atoms with Crippen molar-refractivity contribution < 1.29 is 14.6 Å². The zero-order valence-electron chi connectivity index (χ0n) is 9.72. The minimum atomic E-state index is -0.646. The lowest BCUT2D eigenvalue weighted by molar-refractivity contribution is -0.143. The third-order valence-electron chi connectivity index (χ3n) is 2.66. The van der Waals surface area contributed by atoms with Crippen molar-refractivity contribution in [2.24, 2.45) is 5.92 Å².